The van der Waals surface area contributed by atoms with Crippen molar-refractivity contribution >= 4 is 17.8 Å². The molecule has 0 aliphatic carbocycles. The van der Waals surface area contributed by atoms with Crippen molar-refractivity contribution < 1.29 is 19.1 Å². The maximum Gasteiger partial charge on any atom is 0.318 e. The highest BCUT2D eigenvalue weighted by atomic mass is 16.5. The minimum atomic E-state index is -0.839. The Bertz CT molecular complexity index is 1170. The van der Waals surface area contributed by atoms with Crippen LogP contribution in [0.3, 0.4) is 0 Å². The van der Waals surface area contributed by atoms with Crippen LogP contribution < -0.4 is 31.7 Å². The van der Waals surface area contributed by atoms with Crippen molar-refractivity contribution in [2.24, 2.45) is 11.7 Å². The van der Waals surface area contributed by atoms with E-state index in [2.05, 4.69) is 21.3 Å². The molecule has 1 saturated heterocycles. The standard InChI is InChI=1S/C35H54N6O4/c1-25(2)20-31(40-35(44)41-18-10-5-6-11-19-41)34(43)39-32(33(42)38-27(4)23-37-22-26(3)36)21-28-14-16-30(17-15-28)45-24-29-12-8-7-9-13-29/h7-9,12-17,25-27,31-32,37H,5-6,10-11,18-24,36H2,1-4H3,(H,38,42)(H,39,43)(H,40,44). The van der Waals surface area contributed by atoms with Crippen molar-refractivity contribution in [1.29, 1.82) is 0 Å². The van der Waals surface area contributed by atoms with Crippen molar-refractivity contribution in [3.8, 4) is 5.75 Å². The van der Waals surface area contributed by atoms with Gasteiger partial charge in [-0.1, -0.05) is 69.2 Å². The molecule has 1 aliphatic rings. The molecule has 2 aromatic carbocycles. The lowest BCUT2D eigenvalue weighted by molar-refractivity contribution is -0.130. The molecule has 10 heteroatoms. The van der Waals surface area contributed by atoms with Gasteiger partial charge in [0.25, 0.3) is 0 Å². The number of rotatable bonds is 16. The zero-order valence-corrected chi connectivity index (χ0v) is 27.5. The van der Waals surface area contributed by atoms with Crippen LogP contribution in [0.1, 0.15) is 70.9 Å². The topological polar surface area (TPSA) is 138 Å². The first-order valence-electron chi connectivity index (χ1n) is 16.5. The fraction of sp³-hybridized carbons (Fsp3) is 0.571. The van der Waals surface area contributed by atoms with Gasteiger partial charge in [-0.3, -0.25) is 9.59 Å². The van der Waals surface area contributed by atoms with E-state index in [1.807, 2.05) is 82.3 Å². The molecule has 248 valence electrons. The van der Waals surface area contributed by atoms with E-state index < -0.39 is 12.1 Å². The molecule has 4 atom stereocenters. The van der Waals surface area contributed by atoms with Crippen molar-refractivity contribution in [3.05, 3.63) is 65.7 Å². The molecule has 4 unspecified atom stereocenters. The Kier molecular flexibility index (Phi) is 15.1. The van der Waals surface area contributed by atoms with E-state index in [1.54, 1.807) is 4.90 Å². The summed E-state index contributed by atoms with van der Waals surface area (Å²) in [5.74, 6) is 0.231. The predicted octanol–water partition coefficient (Wildman–Crippen LogP) is 3.73. The highest BCUT2D eigenvalue weighted by Crippen LogP contribution is 2.16. The molecule has 45 heavy (non-hydrogen) atoms. The second-order valence-corrected chi connectivity index (χ2v) is 12.8. The minimum absolute atomic E-state index is 0.00185. The van der Waals surface area contributed by atoms with Crippen LogP contribution in [0.15, 0.2) is 54.6 Å². The van der Waals surface area contributed by atoms with Gasteiger partial charge in [0.1, 0.15) is 24.4 Å². The van der Waals surface area contributed by atoms with E-state index in [0.717, 1.165) is 42.6 Å². The Morgan fingerprint density at radius 2 is 1.42 bits per heavy atom. The first-order chi connectivity index (χ1) is 21.6. The van der Waals surface area contributed by atoms with Crippen LogP contribution in [-0.4, -0.2) is 73.1 Å². The molecule has 2 aromatic rings. The lowest BCUT2D eigenvalue weighted by Gasteiger charge is -2.28. The number of amides is 4. The van der Waals surface area contributed by atoms with E-state index in [1.165, 1.54) is 0 Å². The van der Waals surface area contributed by atoms with Gasteiger partial charge >= 0.3 is 6.03 Å². The average Bonchev–Trinajstić information content (AvgIpc) is 3.30. The molecule has 0 aromatic heterocycles. The van der Waals surface area contributed by atoms with Gasteiger partial charge < -0.3 is 36.6 Å². The quantitative estimate of drug-likeness (QED) is 0.194. The van der Waals surface area contributed by atoms with E-state index >= 15 is 0 Å². The Balaban J connectivity index is 1.70. The predicted molar refractivity (Wildman–Crippen MR) is 179 cm³/mol. The largest absolute Gasteiger partial charge is 0.489 e. The summed E-state index contributed by atoms with van der Waals surface area (Å²) >= 11 is 0. The number of nitrogens with one attached hydrogen (secondary N) is 4. The molecule has 1 heterocycles. The number of benzene rings is 2. The van der Waals surface area contributed by atoms with Crippen LogP contribution in [0.2, 0.25) is 0 Å². The van der Waals surface area contributed by atoms with Gasteiger partial charge in [0.15, 0.2) is 0 Å². The van der Waals surface area contributed by atoms with Gasteiger partial charge in [0.05, 0.1) is 0 Å². The second-order valence-electron chi connectivity index (χ2n) is 12.8. The maximum absolute atomic E-state index is 13.7. The third-order valence-corrected chi connectivity index (χ3v) is 7.76. The summed E-state index contributed by atoms with van der Waals surface area (Å²) in [5.41, 5.74) is 7.79. The zero-order chi connectivity index (χ0) is 32.6. The Morgan fingerprint density at radius 1 is 0.778 bits per heavy atom. The lowest BCUT2D eigenvalue weighted by atomic mass is 10.0. The summed E-state index contributed by atoms with van der Waals surface area (Å²) in [6.45, 7) is 10.9. The summed E-state index contributed by atoms with van der Waals surface area (Å²) in [5, 5.41) is 12.2. The van der Waals surface area contributed by atoms with Crippen molar-refractivity contribution in [1.82, 2.24) is 26.2 Å². The van der Waals surface area contributed by atoms with E-state index in [0.29, 0.717) is 39.2 Å². The molecular weight excluding hydrogens is 568 g/mol. The van der Waals surface area contributed by atoms with E-state index in [9.17, 15) is 14.4 Å². The summed E-state index contributed by atoms with van der Waals surface area (Å²) in [6.07, 6.45) is 4.88. The van der Waals surface area contributed by atoms with Crippen molar-refractivity contribution in [3.63, 3.8) is 0 Å². The molecule has 0 bridgehead atoms. The Hall–Kier alpha value is -3.63. The van der Waals surface area contributed by atoms with Crippen LogP contribution in [-0.2, 0) is 22.6 Å². The molecule has 1 fully saturated rings. The van der Waals surface area contributed by atoms with Gasteiger partial charge in [-0.25, -0.2) is 4.79 Å². The molecule has 1 aliphatic heterocycles. The average molecular weight is 623 g/mol. The third kappa shape index (κ3) is 13.5. The van der Waals surface area contributed by atoms with E-state index in [-0.39, 0.29) is 42.3 Å². The Morgan fingerprint density at radius 3 is 2.04 bits per heavy atom. The highest BCUT2D eigenvalue weighted by Gasteiger charge is 2.29. The van der Waals surface area contributed by atoms with Gasteiger partial charge in [0, 0.05) is 44.7 Å². The first kappa shape index (κ1) is 35.8. The molecule has 3 rings (SSSR count). The number of nitrogens with two attached hydrogens (primary N) is 1. The fourth-order valence-corrected chi connectivity index (χ4v) is 5.32. The molecule has 0 saturated carbocycles. The van der Waals surface area contributed by atoms with Gasteiger partial charge in [-0.2, -0.15) is 0 Å². The highest BCUT2D eigenvalue weighted by molar-refractivity contribution is 5.92. The summed E-state index contributed by atoms with van der Waals surface area (Å²) in [7, 11) is 0. The number of urea groups is 1. The van der Waals surface area contributed by atoms with Crippen LogP contribution in [0.5, 0.6) is 5.75 Å². The van der Waals surface area contributed by atoms with Crippen LogP contribution in [0.4, 0.5) is 4.79 Å². The molecule has 6 N–H and O–H groups in total. The smallest absolute Gasteiger partial charge is 0.318 e. The second kappa shape index (κ2) is 19.0. The number of hydrogen-bond donors (Lipinski definition) is 5. The number of carbonyl (C=O) groups is 3. The van der Waals surface area contributed by atoms with Crippen LogP contribution in [0.25, 0.3) is 0 Å². The number of ether oxygens (including phenoxy) is 1. The number of nitrogens with zero attached hydrogens (tertiary/aromatic N) is 1. The van der Waals surface area contributed by atoms with Gasteiger partial charge in [-0.15, -0.1) is 0 Å². The molecule has 0 spiro atoms. The molecule has 4 amide bonds. The van der Waals surface area contributed by atoms with Crippen LogP contribution >= 0.6 is 0 Å². The van der Waals surface area contributed by atoms with Gasteiger partial charge in [0.2, 0.25) is 11.8 Å². The third-order valence-electron chi connectivity index (χ3n) is 7.76. The normalized spacial score (nSPS) is 16.2. The minimum Gasteiger partial charge on any atom is -0.489 e. The van der Waals surface area contributed by atoms with Crippen molar-refractivity contribution in [2.45, 2.75) is 97.0 Å². The zero-order valence-electron chi connectivity index (χ0n) is 27.5. The number of hydrogen-bond acceptors (Lipinski definition) is 6. The van der Waals surface area contributed by atoms with E-state index in [4.69, 9.17) is 10.5 Å². The van der Waals surface area contributed by atoms with Crippen molar-refractivity contribution in [2.75, 3.05) is 26.2 Å². The molecule has 0 radical (unpaired) electrons. The monoisotopic (exact) mass is 622 g/mol. The SMILES string of the molecule is CC(C)CC(NC(=O)N1CCCCCC1)C(=O)NC(Cc1ccc(OCc2ccccc2)cc1)C(=O)NC(C)CNCC(C)N. The molecule has 10 nitrogen and oxygen atoms in total. The maximum atomic E-state index is 13.7. The summed E-state index contributed by atoms with van der Waals surface area (Å²) in [6, 6.07) is 15.5. The fourth-order valence-electron chi connectivity index (χ4n) is 5.32. The first-order valence-corrected chi connectivity index (χ1v) is 16.5. The lowest BCUT2D eigenvalue weighted by Crippen LogP contribution is -2.57. The summed E-state index contributed by atoms with van der Waals surface area (Å²) < 4.78 is 5.93. The van der Waals surface area contributed by atoms with Gasteiger partial charge in [-0.05, 0) is 62.3 Å². The molecular formula is C35H54N6O4. The number of likely N-dealkylation sites (tertiary alicyclic amines) is 1. The van der Waals surface area contributed by atoms with Crippen LogP contribution in [0, 0.1) is 5.92 Å². The number of carbonyl (C=O) groups excluding carboxylic acids is 3. The Labute approximate surface area is 269 Å². The summed E-state index contributed by atoms with van der Waals surface area (Å²) in [4.78, 5) is 42.2.